The molecule has 4 heteroatoms. The number of carbonyl (C=O) groups is 2. The van der Waals surface area contributed by atoms with E-state index in [-0.39, 0.29) is 11.5 Å². The molecule has 1 amide bonds. The van der Waals surface area contributed by atoms with Crippen LogP contribution in [0, 0.1) is 5.92 Å². The van der Waals surface area contributed by atoms with Gasteiger partial charge in [0, 0.05) is 18.7 Å². The molecule has 0 saturated carbocycles. The van der Waals surface area contributed by atoms with E-state index >= 15 is 0 Å². The van der Waals surface area contributed by atoms with Crippen molar-refractivity contribution in [3.8, 4) is 11.1 Å². The fourth-order valence-corrected chi connectivity index (χ4v) is 3.35. The summed E-state index contributed by atoms with van der Waals surface area (Å²) in [4.78, 5) is 26.4. The number of nitrogens with zero attached hydrogens (tertiary/aromatic N) is 1. The van der Waals surface area contributed by atoms with Crippen molar-refractivity contribution in [1.82, 2.24) is 4.90 Å². The standard InChI is InChI=1S/C20H21NO3/c1-14-7-6-12-21(13-14)19(22)17-10-4-2-8-15(17)16-9-3-5-11-18(16)20(23)24/h2-5,8-11,14H,6-7,12-13H2,1H3,(H,23,24). The van der Waals surface area contributed by atoms with Crippen LogP contribution in [-0.4, -0.2) is 35.0 Å². The Hall–Kier alpha value is -2.62. The zero-order valence-electron chi connectivity index (χ0n) is 13.7. The zero-order chi connectivity index (χ0) is 17.1. The van der Waals surface area contributed by atoms with Gasteiger partial charge in [-0.25, -0.2) is 4.79 Å². The summed E-state index contributed by atoms with van der Waals surface area (Å²) in [5, 5.41) is 9.44. The van der Waals surface area contributed by atoms with Gasteiger partial charge in [0.05, 0.1) is 5.56 Å². The highest BCUT2D eigenvalue weighted by atomic mass is 16.4. The maximum Gasteiger partial charge on any atom is 0.336 e. The van der Waals surface area contributed by atoms with E-state index < -0.39 is 5.97 Å². The molecule has 0 aliphatic carbocycles. The van der Waals surface area contributed by atoms with Gasteiger partial charge in [0.15, 0.2) is 0 Å². The SMILES string of the molecule is CC1CCCN(C(=O)c2ccccc2-c2ccccc2C(=O)O)C1. The summed E-state index contributed by atoms with van der Waals surface area (Å²) in [6, 6.07) is 14.1. The lowest BCUT2D eigenvalue weighted by molar-refractivity contribution is 0.0678. The number of hydrogen-bond acceptors (Lipinski definition) is 2. The molecule has 0 spiro atoms. The Labute approximate surface area is 141 Å². The van der Waals surface area contributed by atoms with E-state index in [2.05, 4.69) is 6.92 Å². The Morgan fingerprint density at radius 3 is 2.21 bits per heavy atom. The van der Waals surface area contributed by atoms with Crippen molar-refractivity contribution in [1.29, 1.82) is 0 Å². The maximum absolute atomic E-state index is 13.0. The molecule has 24 heavy (non-hydrogen) atoms. The van der Waals surface area contributed by atoms with Gasteiger partial charge in [-0.05, 0) is 42.0 Å². The van der Waals surface area contributed by atoms with E-state index in [9.17, 15) is 14.7 Å². The lowest BCUT2D eigenvalue weighted by atomic mass is 9.93. The third-order valence-corrected chi connectivity index (χ3v) is 4.55. The molecule has 1 unspecified atom stereocenters. The second kappa shape index (κ2) is 6.87. The third-order valence-electron chi connectivity index (χ3n) is 4.55. The normalized spacial score (nSPS) is 17.5. The van der Waals surface area contributed by atoms with Crippen molar-refractivity contribution in [3.63, 3.8) is 0 Å². The quantitative estimate of drug-likeness (QED) is 0.931. The first kappa shape index (κ1) is 16.2. The molecule has 1 fully saturated rings. The van der Waals surface area contributed by atoms with Gasteiger partial charge in [0.2, 0.25) is 0 Å². The van der Waals surface area contributed by atoms with Crippen molar-refractivity contribution in [3.05, 3.63) is 59.7 Å². The van der Waals surface area contributed by atoms with E-state index in [1.54, 1.807) is 30.3 Å². The Bertz CT molecular complexity index is 769. The molecule has 1 atom stereocenters. The molecular formula is C20H21NO3. The van der Waals surface area contributed by atoms with Crippen LogP contribution in [0.25, 0.3) is 11.1 Å². The minimum atomic E-state index is -0.987. The fraction of sp³-hybridized carbons (Fsp3) is 0.300. The third kappa shape index (κ3) is 3.18. The van der Waals surface area contributed by atoms with E-state index in [4.69, 9.17) is 0 Å². The number of likely N-dealkylation sites (tertiary alicyclic amines) is 1. The second-order valence-electron chi connectivity index (χ2n) is 6.39. The maximum atomic E-state index is 13.0. The van der Waals surface area contributed by atoms with Crippen LogP contribution in [0.5, 0.6) is 0 Å². The zero-order valence-corrected chi connectivity index (χ0v) is 13.7. The average molecular weight is 323 g/mol. The van der Waals surface area contributed by atoms with Crippen LogP contribution in [-0.2, 0) is 0 Å². The highest BCUT2D eigenvalue weighted by molar-refractivity contribution is 6.04. The first-order valence-corrected chi connectivity index (χ1v) is 8.29. The number of carboxylic acids is 1. The van der Waals surface area contributed by atoms with Crippen LogP contribution in [0.2, 0.25) is 0 Å². The Morgan fingerprint density at radius 2 is 1.58 bits per heavy atom. The molecule has 0 aromatic heterocycles. The highest BCUT2D eigenvalue weighted by Gasteiger charge is 2.25. The van der Waals surface area contributed by atoms with Gasteiger partial charge < -0.3 is 10.0 Å². The number of carboxylic acid groups (broad SMARTS) is 1. The Morgan fingerprint density at radius 1 is 1.00 bits per heavy atom. The van der Waals surface area contributed by atoms with Gasteiger partial charge in [0.25, 0.3) is 5.91 Å². The van der Waals surface area contributed by atoms with Crippen molar-refractivity contribution >= 4 is 11.9 Å². The van der Waals surface area contributed by atoms with Gasteiger partial charge in [-0.1, -0.05) is 43.3 Å². The van der Waals surface area contributed by atoms with Gasteiger partial charge in [-0.2, -0.15) is 0 Å². The van der Waals surface area contributed by atoms with Crippen LogP contribution in [0.4, 0.5) is 0 Å². The summed E-state index contributed by atoms with van der Waals surface area (Å²) in [5.74, 6) is -0.502. The van der Waals surface area contributed by atoms with Crippen LogP contribution >= 0.6 is 0 Å². The van der Waals surface area contributed by atoms with E-state index in [0.717, 1.165) is 25.9 Å². The van der Waals surface area contributed by atoms with Crippen LogP contribution in [0.1, 0.15) is 40.5 Å². The molecule has 0 radical (unpaired) electrons. The van der Waals surface area contributed by atoms with Crippen molar-refractivity contribution in [2.24, 2.45) is 5.92 Å². The smallest absolute Gasteiger partial charge is 0.336 e. The summed E-state index contributed by atoms with van der Waals surface area (Å²) < 4.78 is 0. The van der Waals surface area contributed by atoms with E-state index in [1.165, 1.54) is 0 Å². The predicted octanol–water partition coefficient (Wildman–Crippen LogP) is 3.92. The summed E-state index contributed by atoms with van der Waals surface area (Å²) in [5.41, 5.74) is 2.04. The number of piperidine rings is 1. The number of carbonyl (C=O) groups excluding carboxylic acids is 1. The lowest BCUT2D eigenvalue weighted by Gasteiger charge is -2.31. The van der Waals surface area contributed by atoms with Crippen LogP contribution in [0.3, 0.4) is 0 Å². The van der Waals surface area contributed by atoms with Crippen LogP contribution in [0.15, 0.2) is 48.5 Å². The van der Waals surface area contributed by atoms with Gasteiger partial charge in [-0.15, -0.1) is 0 Å². The molecule has 2 aromatic rings. The number of hydrogen-bond donors (Lipinski definition) is 1. The minimum absolute atomic E-state index is 0.0164. The number of amides is 1. The second-order valence-corrected chi connectivity index (χ2v) is 6.39. The number of aromatic carboxylic acids is 1. The monoisotopic (exact) mass is 323 g/mol. The minimum Gasteiger partial charge on any atom is -0.478 e. The summed E-state index contributed by atoms with van der Waals surface area (Å²) >= 11 is 0. The molecule has 1 saturated heterocycles. The number of rotatable bonds is 3. The molecule has 1 N–H and O–H groups in total. The molecule has 124 valence electrons. The summed E-state index contributed by atoms with van der Waals surface area (Å²) in [6.45, 7) is 3.68. The van der Waals surface area contributed by atoms with Gasteiger partial charge in [0.1, 0.15) is 0 Å². The summed E-state index contributed by atoms with van der Waals surface area (Å²) in [7, 11) is 0. The molecular weight excluding hydrogens is 302 g/mol. The van der Waals surface area contributed by atoms with E-state index in [0.29, 0.717) is 22.6 Å². The molecule has 2 aromatic carbocycles. The van der Waals surface area contributed by atoms with E-state index in [1.807, 2.05) is 23.1 Å². The molecule has 1 heterocycles. The number of benzene rings is 2. The van der Waals surface area contributed by atoms with Crippen molar-refractivity contribution in [2.75, 3.05) is 13.1 Å². The highest BCUT2D eigenvalue weighted by Crippen LogP contribution is 2.29. The molecule has 3 rings (SSSR count). The Balaban J connectivity index is 2.03. The topological polar surface area (TPSA) is 57.6 Å². The van der Waals surface area contributed by atoms with Gasteiger partial charge in [-0.3, -0.25) is 4.79 Å². The molecule has 1 aliphatic rings. The molecule has 4 nitrogen and oxygen atoms in total. The van der Waals surface area contributed by atoms with Gasteiger partial charge >= 0.3 is 5.97 Å². The van der Waals surface area contributed by atoms with Crippen LogP contribution < -0.4 is 0 Å². The lowest BCUT2D eigenvalue weighted by Crippen LogP contribution is -2.39. The largest absolute Gasteiger partial charge is 0.478 e. The average Bonchev–Trinajstić information content (AvgIpc) is 2.61. The summed E-state index contributed by atoms with van der Waals surface area (Å²) in [6.07, 6.45) is 2.16. The van der Waals surface area contributed by atoms with Crippen molar-refractivity contribution in [2.45, 2.75) is 19.8 Å². The first-order valence-electron chi connectivity index (χ1n) is 8.29. The Kier molecular flexibility index (Phi) is 4.65. The fourth-order valence-electron chi connectivity index (χ4n) is 3.35. The first-order chi connectivity index (χ1) is 11.6. The van der Waals surface area contributed by atoms with Crippen molar-refractivity contribution < 1.29 is 14.7 Å². The predicted molar refractivity (Wildman–Crippen MR) is 93.1 cm³/mol. The molecule has 1 aliphatic heterocycles. The molecule has 0 bridgehead atoms.